The van der Waals surface area contributed by atoms with Crippen molar-refractivity contribution < 1.29 is 28.2 Å². The topological polar surface area (TPSA) is 110 Å². The van der Waals surface area contributed by atoms with Crippen molar-refractivity contribution in [1.29, 1.82) is 5.26 Å². The quantitative estimate of drug-likeness (QED) is 0.213. The predicted octanol–water partition coefficient (Wildman–Crippen LogP) is 6.71. The highest BCUT2D eigenvalue weighted by Gasteiger charge is 2.39. The van der Waals surface area contributed by atoms with Crippen LogP contribution in [0.15, 0.2) is 72.8 Å². The van der Waals surface area contributed by atoms with Crippen molar-refractivity contribution in [2.75, 3.05) is 13.2 Å². The van der Waals surface area contributed by atoms with Crippen LogP contribution in [0, 0.1) is 28.4 Å². The minimum absolute atomic E-state index is 0.0965. The van der Waals surface area contributed by atoms with Gasteiger partial charge in [-0.2, -0.15) is 5.26 Å². The molecule has 0 amide bonds. The molecule has 6 rings (SSSR count). The minimum atomic E-state index is -1.08. The lowest BCUT2D eigenvalue weighted by Crippen LogP contribution is -2.27. The molecular formula is C34H28F2N4O4. The van der Waals surface area contributed by atoms with Crippen LogP contribution in [0.25, 0.3) is 22.3 Å². The van der Waals surface area contributed by atoms with Gasteiger partial charge in [-0.15, -0.1) is 0 Å². The first-order chi connectivity index (χ1) is 21.1. The van der Waals surface area contributed by atoms with Gasteiger partial charge in [0.05, 0.1) is 53.2 Å². The molecule has 1 aliphatic heterocycles. The molecule has 10 heteroatoms. The number of carboxylic acid groups (broad SMARTS) is 1. The second-order valence-electron chi connectivity index (χ2n) is 11.5. The van der Waals surface area contributed by atoms with Gasteiger partial charge >= 0.3 is 5.97 Å². The Morgan fingerprint density at radius 1 is 1.09 bits per heavy atom. The molecule has 1 aliphatic rings. The lowest BCUT2D eigenvalue weighted by Gasteiger charge is -2.28. The molecule has 0 saturated carbocycles. The molecule has 8 nitrogen and oxygen atoms in total. The molecular weight excluding hydrogens is 566 g/mol. The number of nitriles is 1. The molecule has 222 valence electrons. The van der Waals surface area contributed by atoms with E-state index in [0.717, 1.165) is 5.56 Å². The molecule has 1 N–H and O–H groups in total. The Bertz CT molecular complexity index is 1910. The number of ether oxygens (including phenoxy) is 2. The van der Waals surface area contributed by atoms with E-state index in [9.17, 15) is 9.90 Å². The number of aromatic nitrogens is 3. The SMILES string of the molecule is CC1(C)COC[C@H]1n1c(Cc2c(F)cc(-c3cccc(OCc4ccc(C#N)cc4)n3)cc2F)nc2ccc(C(=O)O)cc21. The van der Waals surface area contributed by atoms with Crippen molar-refractivity contribution in [3.63, 3.8) is 0 Å². The van der Waals surface area contributed by atoms with Gasteiger partial charge < -0.3 is 19.1 Å². The first-order valence-electron chi connectivity index (χ1n) is 14.0. The van der Waals surface area contributed by atoms with Crippen LogP contribution in [-0.4, -0.2) is 38.8 Å². The van der Waals surface area contributed by atoms with E-state index >= 15 is 8.78 Å². The number of fused-ring (bicyclic) bond motifs is 1. The second-order valence-corrected chi connectivity index (χ2v) is 11.5. The van der Waals surface area contributed by atoms with Crippen molar-refractivity contribution in [2.24, 2.45) is 5.41 Å². The van der Waals surface area contributed by atoms with Crippen LogP contribution >= 0.6 is 0 Å². The number of hydrogen-bond donors (Lipinski definition) is 1. The third kappa shape index (κ3) is 5.62. The summed E-state index contributed by atoms with van der Waals surface area (Å²) in [5.74, 6) is -1.89. The fourth-order valence-corrected chi connectivity index (χ4v) is 5.49. The molecule has 5 aromatic rings. The van der Waals surface area contributed by atoms with Crippen LogP contribution in [0.2, 0.25) is 0 Å². The van der Waals surface area contributed by atoms with Gasteiger partial charge in [0.2, 0.25) is 5.88 Å². The summed E-state index contributed by atoms with van der Waals surface area (Å²) in [7, 11) is 0. The van der Waals surface area contributed by atoms with Crippen LogP contribution < -0.4 is 4.74 Å². The number of rotatable bonds is 8. The monoisotopic (exact) mass is 594 g/mol. The summed E-state index contributed by atoms with van der Waals surface area (Å²) in [5.41, 5.74) is 2.70. The smallest absolute Gasteiger partial charge is 0.335 e. The molecule has 2 aromatic heterocycles. The number of carbonyl (C=O) groups is 1. The van der Waals surface area contributed by atoms with E-state index in [4.69, 9.17) is 14.7 Å². The first kappa shape index (κ1) is 29.0. The molecule has 0 aliphatic carbocycles. The molecule has 1 fully saturated rings. The maximum absolute atomic E-state index is 15.6. The Morgan fingerprint density at radius 2 is 1.84 bits per heavy atom. The van der Waals surface area contributed by atoms with Crippen molar-refractivity contribution in [3.05, 3.63) is 113 Å². The Hall–Kier alpha value is -5.14. The fourth-order valence-electron chi connectivity index (χ4n) is 5.49. The van der Waals surface area contributed by atoms with Gasteiger partial charge in [-0.05, 0) is 54.1 Å². The Balaban J connectivity index is 1.30. The number of aromatic carboxylic acids is 1. The Labute approximate surface area is 252 Å². The van der Waals surface area contributed by atoms with E-state index in [0.29, 0.717) is 41.3 Å². The lowest BCUT2D eigenvalue weighted by atomic mass is 9.87. The molecule has 1 atom stereocenters. The number of benzene rings is 3. The zero-order chi connectivity index (χ0) is 31.0. The minimum Gasteiger partial charge on any atom is -0.478 e. The van der Waals surface area contributed by atoms with Gasteiger partial charge in [-0.3, -0.25) is 0 Å². The summed E-state index contributed by atoms with van der Waals surface area (Å²) in [5, 5.41) is 18.5. The van der Waals surface area contributed by atoms with Crippen molar-refractivity contribution in [2.45, 2.75) is 32.9 Å². The van der Waals surface area contributed by atoms with E-state index < -0.39 is 17.6 Å². The Morgan fingerprint density at radius 3 is 2.50 bits per heavy atom. The van der Waals surface area contributed by atoms with Crippen molar-refractivity contribution >= 4 is 17.0 Å². The molecule has 0 bridgehead atoms. The van der Waals surface area contributed by atoms with Crippen LogP contribution in [-0.2, 0) is 17.8 Å². The zero-order valence-electron chi connectivity index (χ0n) is 24.1. The number of nitrogens with zero attached hydrogens (tertiary/aromatic N) is 4. The largest absolute Gasteiger partial charge is 0.478 e. The number of hydrogen-bond acceptors (Lipinski definition) is 6. The van der Waals surface area contributed by atoms with E-state index in [1.54, 1.807) is 54.6 Å². The average molecular weight is 595 g/mol. The van der Waals surface area contributed by atoms with Gasteiger partial charge in [-0.25, -0.2) is 23.5 Å². The highest BCUT2D eigenvalue weighted by atomic mass is 19.1. The molecule has 1 saturated heterocycles. The van der Waals surface area contributed by atoms with Gasteiger partial charge in [0.1, 0.15) is 24.1 Å². The summed E-state index contributed by atoms with van der Waals surface area (Å²) in [6.45, 7) is 5.12. The van der Waals surface area contributed by atoms with Gasteiger partial charge in [0.15, 0.2) is 0 Å². The van der Waals surface area contributed by atoms with E-state index in [-0.39, 0.29) is 47.1 Å². The van der Waals surface area contributed by atoms with Gasteiger partial charge in [0, 0.05) is 29.0 Å². The highest BCUT2D eigenvalue weighted by molar-refractivity contribution is 5.92. The number of imidazole rings is 1. The summed E-state index contributed by atoms with van der Waals surface area (Å²) >= 11 is 0. The molecule has 3 heterocycles. The maximum Gasteiger partial charge on any atom is 0.335 e. The number of carboxylic acids is 1. The molecule has 0 spiro atoms. The van der Waals surface area contributed by atoms with Crippen molar-refractivity contribution in [3.8, 4) is 23.2 Å². The van der Waals surface area contributed by atoms with Crippen LogP contribution in [0.4, 0.5) is 8.78 Å². The van der Waals surface area contributed by atoms with Crippen molar-refractivity contribution in [1.82, 2.24) is 14.5 Å². The third-order valence-electron chi connectivity index (χ3n) is 7.94. The molecule has 44 heavy (non-hydrogen) atoms. The molecule has 0 unspecified atom stereocenters. The van der Waals surface area contributed by atoms with Crippen LogP contribution in [0.5, 0.6) is 5.88 Å². The number of pyridine rings is 1. The normalized spacial score (nSPS) is 15.8. The zero-order valence-corrected chi connectivity index (χ0v) is 24.1. The highest BCUT2D eigenvalue weighted by Crippen LogP contribution is 2.40. The standard InChI is InChI=1S/C34H28F2N4O4/c1-34(2)19-43-18-30(34)40-29-14-22(33(41)42)10-11-28(29)38-31(40)15-24-25(35)12-23(13-26(24)36)27-4-3-5-32(39-27)44-17-21-8-6-20(16-37)7-9-21/h3-14,30H,15,17-19H2,1-2H3,(H,41,42)/t30-/m1/s1. The first-order valence-corrected chi connectivity index (χ1v) is 14.0. The predicted molar refractivity (Wildman–Crippen MR) is 158 cm³/mol. The van der Waals surface area contributed by atoms with Crippen LogP contribution in [0.1, 0.15) is 52.8 Å². The number of halogens is 2. The summed E-state index contributed by atoms with van der Waals surface area (Å²) < 4.78 is 44.7. The Kier molecular flexibility index (Phi) is 7.57. The average Bonchev–Trinajstić information content (AvgIpc) is 3.55. The second kappa shape index (κ2) is 11.5. The fraction of sp³-hybridized carbons (Fsp3) is 0.235. The third-order valence-corrected chi connectivity index (χ3v) is 7.94. The lowest BCUT2D eigenvalue weighted by molar-refractivity contribution is 0.0697. The maximum atomic E-state index is 15.6. The van der Waals surface area contributed by atoms with Gasteiger partial charge in [0.25, 0.3) is 0 Å². The molecule has 0 radical (unpaired) electrons. The summed E-state index contributed by atoms with van der Waals surface area (Å²) in [6, 6.07) is 20.9. The van der Waals surface area contributed by atoms with E-state index in [2.05, 4.69) is 16.0 Å². The van der Waals surface area contributed by atoms with Gasteiger partial charge in [-0.1, -0.05) is 32.0 Å². The summed E-state index contributed by atoms with van der Waals surface area (Å²) in [4.78, 5) is 20.8. The van der Waals surface area contributed by atoms with E-state index in [1.165, 1.54) is 18.2 Å². The van der Waals surface area contributed by atoms with E-state index in [1.807, 2.05) is 18.4 Å². The molecule has 3 aromatic carbocycles. The van der Waals surface area contributed by atoms with Crippen LogP contribution in [0.3, 0.4) is 0 Å². The summed E-state index contributed by atoms with van der Waals surface area (Å²) in [6.07, 6.45) is -0.150.